The fraction of sp³-hybridized carbons (Fsp3) is 0.238. The molecule has 6 nitrogen and oxygen atoms in total. The van der Waals surface area contributed by atoms with Crippen LogP contribution in [0.15, 0.2) is 42.5 Å². The summed E-state index contributed by atoms with van der Waals surface area (Å²) in [7, 11) is 0. The summed E-state index contributed by atoms with van der Waals surface area (Å²) < 4.78 is 55.3. The van der Waals surface area contributed by atoms with Crippen molar-refractivity contribution < 1.29 is 22.4 Å². The van der Waals surface area contributed by atoms with Crippen LogP contribution in [0.4, 0.5) is 23.2 Å². The first-order valence-corrected chi connectivity index (χ1v) is 9.56. The van der Waals surface area contributed by atoms with E-state index in [9.17, 15) is 22.4 Å². The largest absolute Gasteiger partial charge is 0.435 e. The van der Waals surface area contributed by atoms with Crippen LogP contribution in [0.3, 0.4) is 0 Å². The normalized spacial score (nSPS) is 13.7. The van der Waals surface area contributed by atoms with Crippen molar-refractivity contribution in [1.82, 2.24) is 15.1 Å². The standard InChI is InChI=1S/C21H19F4N5O/c22-16-7-14-11-27-5-4-13(14)8-17(16)28-20(31)18-9-19(21(23,24)25)29-30(18)15-3-1-2-12(6-15)10-26/h1-3,6-9,27H,4-5,10-11,26H2,(H,28,31). The van der Waals surface area contributed by atoms with Crippen molar-refractivity contribution in [3.63, 3.8) is 0 Å². The zero-order valence-electron chi connectivity index (χ0n) is 16.3. The Labute approximate surface area is 175 Å². The SMILES string of the molecule is NCc1cccc(-n2nc(C(F)(F)F)cc2C(=O)Nc2cc3c(cc2F)CNCC3)c1. The van der Waals surface area contributed by atoms with Crippen LogP contribution < -0.4 is 16.4 Å². The quantitative estimate of drug-likeness (QED) is 0.551. The van der Waals surface area contributed by atoms with Gasteiger partial charge < -0.3 is 16.4 Å². The lowest BCUT2D eigenvalue weighted by Gasteiger charge is -2.19. The molecule has 31 heavy (non-hydrogen) atoms. The Morgan fingerprint density at radius 1 is 1.19 bits per heavy atom. The molecular weight excluding hydrogens is 414 g/mol. The van der Waals surface area contributed by atoms with Crippen LogP contribution in [-0.4, -0.2) is 22.2 Å². The van der Waals surface area contributed by atoms with Crippen LogP contribution in [0.1, 0.15) is 32.9 Å². The number of nitrogens with one attached hydrogen (secondary N) is 2. The Kier molecular flexibility index (Phi) is 5.50. The van der Waals surface area contributed by atoms with Crippen LogP contribution in [0.2, 0.25) is 0 Å². The van der Waals surface area contributed by atoms with E-state index in [0.29, 0.717) is 31.1 Å². The number of hydrogen-bond donors (Lipinski definition) is 3. The van der Waals surface area contributed by atoms with Gasteiger partial charge in [0.05, 0.1) is 11.4 Å². The number of nitrogens with zero attached hydrogens (tertiary/aromatic N) is 2. The van der Waals surface area contributed by atoms with Gasteiger partial charge in [-0.05, 0) is 53.9 Å². The molecule has 0 bridgehead atoms. The van der Waals surface area contributed by atoms with Gasteiger partial charge in [-0.1, -0.05) is 12.1 Å². The molecule has 2 aromatic carbocycles. The van der Waals surface area contributed by atoms with E-state index in [2.05, 4.69) is 15.7 Å². The van der Waals surface area contributed by atoms with Crippen LogP contribution in [0, 0.1) is 5.82 Å². The van der Waals surface area contributed by atoms with E-state index in [0.717, 1.165) is 15.8 Å². The van der Waals surface area contributed by atoms with Crippen molar-refractivity contribution in [2.45, 2.75) is 25.7 Å². The van der Waals surface area contributed by atoms with E-state index in [1.807, 2.05) is 0 Å². The third-order valence-electron chi connectivity index (χ3n) is 5.05. The van der Waals surface area contributed by atoms with Crippen molar-refractivity contribution in [3.8, 4) is 5.69 Å². The summed E-state index contributed by atoms with van der Waals surface area (Å²) in [6.45, 7) is 1.39. The maximum atomic E-state index is 14.5. The second-order valence-electron chi connectivity index (χ2n) is 7.18. The van der Waals surface area contributed by atoms with Gasteiger partial charge in [0.15, 0.2) is 5.69 Å². The van der Waals surface area contributed by atoms with E-state index in [4.69, 9.17) is 5.73 Å². The van der Waals surface area contributed by atoms with Gasteiger partial charge in [-0.2, -0.15) is 18.3 Å². The average Bonchev–Trinajstić information content (AvgIpc) is 3.20. The molecule has 0 atom stereocenters. The number of benzene rings is 2. The highest BCUT2D eigenvalue weighted by molar-refractivity contribution is 6.03. The molecule has 0 spiro atoms. The molecule has 0 saturated heterocycles. The molecule has 1 aliphatic rings. The first-order chi connectivity index (χ1) is 14.8. The Hall–Kier alpha value is -3.24. The molecule has 162 valence electrons. The number of carbonyl (C=O) groups excluding carboxylic acids is 1. The van der Waals surface area contributed by atoms with E-state index in [1.54, 1.807) is 12.1 Å². The fourth-order valence-corrected chi connectivity index (χ4v) is 3.48. The number of aromatic nitrogens is 2. The molecule has 0 aliphatic carbocycles. The average molecular weight is 433 g/mol. The first-order valence-electron chi connectivity index (χ1n) is 9.56. The highest BCUT2D eigenvalue weighted by Gasteiger charge is 2.36. The van der Waals surface area contributed by atoms with Crippen LogP contribution in [-0.2, 0) is 25.7 Å². The van der Waals surface area contributed by atoms with E-state index < -0.39 is 23.6 Å². The molecule has 0 radical (unpaired) electrons. The summed E-state index contributed by atoms with van der Waals surface area (Å²) in [5.41, 5.74) is 6.45. The maximum Gasteiger partial charge on any atom is 0.435 e. The Morgan fingerprint density at radius 3 is 2.74 bits per heavy atom. The lowest BCUT2D eigenvalue weighted by molar-refractivity contribution is -0.141. The number of anilines is 1. The molecule has 1 amide bonds. The van der Waals surface area contributed by atoms with Gasteiger partial charge in [0.2, 0.25) is 0 Å². The van der Waals surface area contributed by atoms with Gasteiger partial charge in [0, 0.05) is 19.2 Å². The van der Waals surface area contributed by atoms with E-state index in [-0.39, 0.29) is 23.6 Å². The predicted molar refractivity (Wildman–Crippen MR) is 106 cm³/mol. The van der Waals surface area contributed by atoms with Gasteiger partial charge in [-0.15, -0.1) is 0 Å². The van der Waals surface area contributed by atoms with Crippen molar-refractivity contribution in [2.24, 2.45) is 5.73 Å². The highest BCUT2D eigenvalue weighted by atomic mass is 19.4. The zero-order chi connectivity index (χ0) is 22.2. The molecule has 4 rings (SSSR count). The minimum absolute atomic E-state index is 0.0948. The molecule has 10 heteroatoms. The second kappa shape index (κ2) is 8.12. The minimum atomic E-state index is -4.75. The van der Waals surface area contributed by atoms with Crippen LogP contribution in [0.5, 0.6) is 0 Å². The van der Waals surface area contributed by atoms with Gasteiger partial charge in [0.25, 0.3) is 5.91 Å². The van der Waals surface area contributed by atoms with Gasteiger partial charge in [-0.3, -0.25) is 4.79 Å². The predicted octanol–water partition coefficient (Wildman–Crippen LogP) is 3.39. The summed E-state index contributed by atoms with van der Waals surface area (Å²) in [4.78, 5) is 12.9. The third kappa shape index (κ3) is 4.30. The van der Waals surface area contributed by atoms with Gasteiger partial charge in [0.1, 0.15) is 11.5 Å². The summed E-state index contributed by atoms with van der Waals surface area (Å²) in [5.74, 6) is -1.57. The monoisotopic (exact) mass is 433 g/mol. The molecule has 1 aromatic heterocycles. The third-order valence-corrected chi connectivity index (χ3v) is 5.05. The topological polar surface area (TPSA) is 85.0 Å². The van der Waals surface area contributed by atoms with Crippen molar-refractivity contribution in [3.05, 3.63) is 76.4 Å². The molecule has 1 aliphatic heterocycles. The molecule has 4 N–H and O–H groups in total. The second-order valence-corrected chi connectivity index (χ2v) is 7.18. The van der Waals surface area contributed by atoms with Gasteiger partial charge in [-0.25, -0.2) is 9.07 Å². The summed E-state index contributed by atoms with van der Waals surface area (Å²) in [6.07, 6.45) is -4.10. The number of hydrogen-bond acceptors (Lipinski definition) is 4. The fourth-order valence-electron chi connectivity index (χ4n) is 3.48. The first kappa shape index (κ1) is 21.0. The van der Waals surface area contributed by atoms with E-state index in [1.165, 1.54) is 24.3 Å². The molecular formula is C21H19F4N5O. The number of rotatable bonds is 4. The molecule has 0 fully saturated rings. The Balaban J connectivity index is 1.73. The number of carbonyl (C=O) groups is 1. The van der Waals surface area contributed by atoms with E-state index >= 15 is 0 Å². The number of halogens is 4. The Morgan fingerprint density at radius 2 is 2.00 bits per heavy atom. The lowest BCUT2D eigenvalue weighted by atomic mass is 10.00. The smallest absolute Gasteiger partial charge is 0.326 e. The number of amides is 1. The molecule has 0 unspecified atom stereocenters. The van der Waals surface area contributed by atoms with Crippen LogP contribution in [0.25, 0.3) is 5.69 Å². The minimum Gasteiger partial charge on any atom is -0.326 e. The highest BCUT2D eigenvalue weighted by Crippen LogP contribution is 2.30. The number of fused-ring (bicyclic) bond motifs is 1. The molecule has 3 aromatic rings. The molecule has 0 saturated carbocycles. The summed E-state index contributed by atoms with van der Waals surface area (Å²) in [6, 6.07) is 9.83. The summed E-state index contributed by atoms with van der Waals surface area (Å²) >= 11 is 0. The maximum absolute atomic E-state index is 14.5. The van der Waals surface area contributed by atoms with Crippen LogP contribution >= 0.6 is 0 Å². The summed E-state index contributed by atoms with van der Waals surface area (Å²) in [5, 5.41) is 9.09. The number of nitrogens with two attached hydrogens (primary N) is 1. The molecule has 2 heterocycles. The van der Waals surface area contributed by atoms with Crippen molar-refractivity contribution in [2.75, 3.05) is 11.9 Å². The van der Waals surface area contributed by atoms with Crippen molar-refractivity contribution in [1.29, 1.82) is 0 Å². The Bertz CT molecular complexity index is 1140. The lowest BCUT2D eigenvalue weighted by Crippen LogP contribution is -2.24. The van der Waals surface area contributed by atoms with Gasteiger partial charge >= 0.3 is 6.18 Å². The zero-order valence-corrected chi connectivity index (χ0v) is 16.3. The number of alkyl halides is 3. The van der Waals surface area contributed by atoms with Crippen molar-refractivity contribution >= 4 is 11.6 Å².